The maximum Gasteiger partial charge on any atom is 0.325 e. The summed E-state index contributed by atoms with van der Waals surface area (Å²) in [6.07, 6.45) is 0.178. The number of ketones is 1. The van der Waals surface area contributed by atoms with Crippen molar-refractivity contribution in [2.24, 2.45) is 0 Å². The zero-order chi connectivity index (χ0) is 21.7. The number of carbonyl (C=O) groups is 1. The molecule has 0 radical (unpaired) electrons. The van der Waals surface area contributed by atoms with Gasteiger partial charge in [-0.1, -0.05) is 73.5 Å². The van der Waals surface area contributed by atoms with Crippen molar-refractivity contribution >= 4 is 13.4 Å². The molecule has 158 valence electrons. The van der Waals surface area contributed by atoms with Gasteiger partial charge >= 0.3 is 7.60 Å². The Morgan fingerprint density at radius 3 is 1.90 bits per heavy atom. The second kappa shape index (κ2) is 9.82. The van der Waals surface area contributed by atoms with E-state index in [4.69, 9.17) is 4.74 Å². The van der Waals surface area contributed by atoms with Crippen LogP contribution in [-0.2, 0) is 9.30 Å². The molecule has 0 aliphatic heterocycles. The summed E-state index contributed by atoms with van der Waals surface area (Å²) < 4.78 is 17.9. The summed E-state index contributed by atoms with van der Waals surface area (Å²) in [4.78, 5) is 32.1. The number of benzene rings is 2. The predicted molar refractivity (Wildman–Crippen MR) is 115 cm³/mol. The highest BCUT2D eigenvalue weighted by molar-refractivity contribution is 7.51. The molecule has 6 heteroatoms. The Labute approximate surface area is 173 Å². The first kappa shape index (κ1) is 23.5. The molecular weight excluding hydrogens is 387 g/mol. The van der Waals surface area contributed by atoms with Gasteiger partial charge in [-0.05, 0) is 38.7 Å². The van der Waals surface area contributed by atoms with E-state index < -0.39 is 19.3 Å². The summed E-state index contributed by atoms with van der Waals surface area (Å²) in [5.74, 6) is -0.156. The van der Waals surface area contributed by atoms with Crippen LogP contribution >= 0.6 is 7.60 Å². The molecule has 2 rings (SSSR count). The van der Waals surface area contributed by atoms with E-state index in [2.05, 4.69) is 0 Å². The van der Waals surface area contributed by atoms with Gasteiger partial charge in [0, 0.05) is 5.56 Å². The molecule has 0 saturated carbocycles. The van der Waals surface area contributed by atoms with Crippen molar-refractivity contribution in [3.05, 3.63) is 70.8 Å². The molecule has 0 bridgehead atoms. The van der Waals surface area contributed by atoms with Crippen molar-refractivity contribution in [1.29, 1.82) is 0 Å². The van der Waals surface area contributed by atoms with E-state index in [0.29, 0.717) is 18.4 Å². The van der Waals surface area contributed by atoms with Crippen LogP contribution in [0.3, 0.4) is 0 Å². The van der Waals surface area contributed by atoms with Gasteiger partial charge in [0.05, 0.1) is 11.8 Å². The lowest BCUT2D eigenvalue weighted by Crippen LogP contribution is -2.36. The normalized spacial score (nSPS) is 13.3. The van der Waals surface area contributed by atoms with Crippen LogP contribution < -0.4 is 0 Å². The molecule has 2 aromatic rings. The Morgan fingerprint density at radius 2 is 1.45 bits per heavy atom. The Balaban J connectivity index is 2.42. The van der Waals surface area contributed by atoms with Gasteiger partial charge in [0.2, 0.25) is 0 Å². The SMILES string of the molecule is CCC(CC)(CCP(=O)(O)O)OC(C(=O)c1ccc(C)cc1)c1ccc(C)cc1. The first-order valence-corrected chi connectivity index (χ1v) is 11.8. The molecular formula is C23H31O5P. The van der Waals surface area contributed by atoms with Gasteiger partial charge in [-0.15, -0.1) is 0 Å². The zero-order valence-electron chi connectivity index (χ0n) is 17.6. The van der Waals surface area contributed by atoms with Crippen LogP contribution in [-0.4, -0.2) is 27.3 Å². The van der Waals surface area contributed by atoms with E-state index >= 15 is 0 Å². The van der Waals surface area contributed by atoms with E-state index in [9.17, 15) is 19.1 Å². The van der Waals surface area contributed by atoms with Crippen LogP contribution in [0.2, 0.25) is 0 Å². The second-order valence-electron chi connectivity index (χ2n) is 7.67. The molecule has 0 fully saturated rings. The standard InChI is InChI=1S/C23H31O5P/c1-5-23(6-2,15-16-29(25,26)27)28-22(20-13-9-18(4)10-14-20)21(24)19-11-7-17(3)8-12-19/h7-14,22H,5-6,15-16H2,1-4H3,(H2,25,26,27). The van der Waals surface area contributed by atoms with Crippen molar-refractivity contribution in [1.82, 2.24) is 0 Å². The highest BCUT2D eigenvalue weighted by Gasteiger charge is 2.36. The summed E-state index contributed by atoms with van der Waals surface area (Å²) in [5, 5.41) is 0. The van der Waals surface area contributed by atoms with Crippen molar-refractivity contribution in [3.63, 3.8) is 0 Å². The van der Waals surface area contributed by atoms with Gasteiger partial charge in [-0.3, -0.25) is 9.36 Å². The zero-order valence-corrected chi connectivity index (χ0v) is 18.5. The molecule has 0 aromatic heterocycles. The van der Waals surface area contributed by atoms with Gasteiger partial charge in [0.15, 0.2) is 5.78 Å². The number of carbonyl (C=O) groups excluding carboxylic acids is 1. The summed E-state index contributed by atoms with van der Waals surface area (Å²) in [7, 11) is -4.16. The van der Waals surface area contributed by atoms with Gasteiger partial charge in [-0.25, -0.2) is 0 Å². The quantitative estimate of drug-likeness (QED) is 0.400. The van der Waals surface area contributed by atoms with Crippen LogP contribution in [0.1, 0.15) is 66.3 Å². The third kappa shape index (κ3) is 6.61. The fourth-order valence-corrected chi connectivity index (χ4v) is 4.01. The molecule has 2 N–H and O–H groups in total. The molecule has 0 aliphatic carbocycles. The monoisotopic (exact) mass is 418 g/mol. The van der Waals surface area contributed by atoms with Gasteiger partial charge in [-0.2, -0.15) is 0 Å². The Hall–Kier alpha value is -1.78. The van der Waals surface area contributed by atoms with Gasteiger partial charge in [0.1, 0.15) is 6.10 Å². The Kier molecular flexibility index (Phi) is 7.95. The highest BCUT2D eigenvalue weighted by Crippen LogP contribution is 2.41. The summed E-state index contributed by atoms with van der Waals surface area (Å²) in [6, 6.07) is 15.0. The van der Waals surface area contributed by atoms with Crippen molar-refractivity contribution in [3.8, 4) is 0 Å². The average Bonchev–Trinajstić information content (AvgIpc) is 2.69. The molecule has 0 saturated heterocycles. The molecule has 1 atom stereocenters. The van der Waals surface area contributed by atoms with E-state index in [-0.39, 0.29) is 18.4 Å². The molecule has 29 heavy (non-hydrogen) atoms. The van der Waals surface area contributed by atoms with Crippen molar-refractivity contribution < 1.29 is 23.9 Å². The number of hydrogen-bond donors (Lipinski definition) is 2. The third-order valence-corrected chi connectivity index (χ3v) is 6.28. The van der Waals surface area contributed by atoms with Crippen LogP contribution in [0.4, 0.5) is 0 Å². The molecule has 1 unspecified atom stereocenters. The van der Waals surface area contributed by atoms with Crippen LogP contribution in [0, 0.1) is 13.8 Å². The molecule has 2 aromatic carbocycles. The lowest BCUT2D eigenvalue weighted by Gasteiger charge is -2.36. The lowest BCUT2D eigenvalue weighted by molar-refractivity contribution is -0.0883. The minimum absolute atomic E-state index is 0.156. The molecule has 0 aliphatic rings. The predicted octanol–water partition coefficient (Wildman–Crippen LogP) is 5.37. The third-order valence-electron chi connectivity index (χ3n) is 5.47. The number of hydrogen-bond acceptors (Lipinski definition) is 3. The molecule has 0 amide bonds. The van der Waals surface area contributed by atoms with Gasteiger partial charge in [0.25, 0.3) is 0 Å². The fourth-order valence-electron chi connectivity index (χ4n) is 3.31. The lowest BCUT2D eigenvalue weighted by atomic mass is 9.91. The minimum atomic E-state index is -4.16. The number of ether oxygens (including phenoxy) is 1. The highest BCUT2D eigenvalue weighted by atomic mass is 31.2. The van der Waals surface area contributed by atoms with Crippen molar-refractivity contribution in [2.45, 2.75) is 58.7 Å². The first-order valence-electron chi connectivity index (χ1n) is 9.99. The number of rotatable bonds is 10. The molecule has 5 nitrogen and oxygen atoms in total. The summed E-state index contributed by atoms with van der Waals surface area (Å²) >= 11 is 0. The molecule has 0 spiro atoms. The smallest absolute Gasteiger partial charge is 0.325 e. The number of aryl methyl sites for hydroxylation is 2. The number of Topliss-reactive ketones (excluding diaryl/α,β-unsaturated/α-hetero) is 1. The van der Waals surface area contributed by atoms with E-state index in [1.54, 1.807) is 12.1 Å². The summed E-state index contributed by atoms with van der Waals surface area (Å²) in [5.41, 5.74) is 2.64. The maximum absolute atomic E-state index is 13.4. The van der Waals surface area contributed by atoms with Gasteiger partial charge < -0.3 is 14.5 Å². The molecule has 0 heterocycles. The Bertz CT molecular complexity index is 848. The topological polar surface area (TPSA) is 83.8 Å². The van der Waals surface area contributed by atoms with E-state index in [1.165, 1.54) is 0 Å². The first-order chi connectivity index (χ1) is 13.6. The minimum Gasteiger partial charge on any atom is -0.359 e. The van der Waals surface area contributed by atoms with Crippen LogP contribution in [0.5, 0.6) is 0 Å². The fraction of sp³-hybridized carbons (Fsp3) is 0.435. The van der Waals surface area contributed by atoms with Crippen LogP contribution in [0.25, 0.3) is 0 Å². The largest absolute Gasteiger partial charge is 0.359 e. The van der Waals surface area contributed by atoms with E-state index in [1.807, 2.05) is 64.1 Å². The summed E-state index contributed by atoms with van der Waals surface area (Å²) in [6.45, 7) is 7.78. The van der Waals surface area contributed by atoms with Crippen molar-refractivity contribution in [2.75, 3.05) is 6.16 Å². The second-order valence-corrected chi connectivity index (χ2v) is 9.44. The van der Waals surface area contributed by atoms with Crippen LogP contribution in [0.15, 0.2) is 48.5 Å². The van der Waals surface area contributed by atoms with E-state index in [0.717, 1.165) is 16.7 Å². The Morgan fingerprint density at radius 1 is 0.966 bits per heavy atom. The maximum atomic E-state index is 13.4. The average molecular weight is 418 g/mol.